The number of nitriles is 1. The van der Waals surface area contributed by atoms with Crippen molar-refractivity contribution in [3.05, 3.63) is 0 Å². The van der Waals surface area contributed by atoms with Gasteiger partial charge in [0.05, 0.1) is 11.5 Å². The second kappa shape index (κ2) is 12.9. The summed E-state index contributed by atoms with van der Waals surface area (Å²) in [5.74, 6) is 2.81. The highest BCUT2D eigenvalue weighted by Gasteiger charge is 2.39. The molecular formula is C26H47N. The van der Waals surface area contributed by atoms with E-state index in [-0.39, 0.29) is 5.41 Å². The Hall–Kier alpha value is -0.510. The number of unbranched alkanes of at least 4 members (excludes halogenated alkanes) is 7. The van der Waals surface area contributed by atoms with Crippen LogP contribution in [0, 0.1) is 34.5 Å². The lowest BCUT2D eigenvalue weighted by Crippen LogP contribution is -2.32. The van der Waals surface area contributed by atoms with E-state index in [2.05, 4.69) is 19.9 Å². The number of rotatable bonds is 12. The third kappa shape index (κ3) is 7.79. The van der Waals surface area contributed by atoms with Crippen molar-refractivity contribution in [2.45, 2.75) is 136 Å². The van der Waals surface area contributed by atoms with Crippen LogP contribution < -0.4 is 0 Å². The first kappa shape index (κ1) is 22.8. The molecule has 1 heteroatoms. The molecule has 2 fully saturated rings. The summed E-state index contributed by atoms with van der Waals surface area (Å²) < 4.78 is 0. The smallest absolute Gasteiger partial charge is 0.0689 e. The maximum absolute atomic E-state index is 9.99. The molecule has 0 saturated heterocycles. The molecule has 2 saturated carbocycles. The fourth-order valence-corrected chi connectivity index (χ4v) is 6.07. The highest BCUT2D eigenvalue weighted by Crippen LogP contribution is 2.48. The van der Waals surface area contributed by atoms with Crippen LogP contribution in [0.3, 0.4) is 0 Å². The van der Waals surface area contributed by atoms with E-state index in [0.717, 1.165) is 17.8 Å². The normalized spacial score (nSPS) is 31.5. The van der Waals surface area contributed by atoms with Gasteiger partial charge in [-0.2, -0.15) is 5.26 Å². The molecule has 0 aromatic heterocycles. The van der Waals surface area contributed by atoms with Gasteiger partial charge in [-0.15, -0.1) is 0 Å². The van der Waals surface area contributed by atoms with Crippen molar-refractivity contribution in [2.75, 3.05) is 0 Å². The molecule has 0 amide bonds. The van der Waals surface area contributed by atoms with Gasteiger partial charge in [0.1, 0.15) is 0 Å². The number of hydrogen-bond acceptors (Lipinski definition) is 1. The highest BCUT2D eigenvalue weighted by atomic mass is 14.5. The summed E-state index contributed by atoms with van der Waals surface area (Å²) >= 11 is 0. The van der Waals surface area contributed by atoms with E-state index < -0.39 is 0 Å². The fraction of sp³-hybridized carbons (Fsp3) is 0.962. The van der Waals surface area contributed by atoms with Gasteiger partial charge in [-0.1, -0.05) is 104 Å². The average molecular weight is 374 g/mol. The first-order valence-corrected chi connectivity index (χ1v) is 12.6. The van der Waals surface area contributed by atoms with Gasteiger partial charge in [0, 0.05) is 0 Å². The Labute approximate surface area is 170 Å². The summed E-state index contributed by atoms with van der Waals surface area (Å²) in [4.78, 5) is 0. The van der Waals surface area contributed by atoms with Crippen LogP contribution in [-0.2, 0) is 0 Å². The summed E-state index contributed by atoms with van der Waals surface area (Å²) in [5, 5.41) is 9.99. The zero-order valence-electron chi connectivity index (χ0n) is 18.6. The van der Waals surface area contributed by atoms with Crippen molar-refractivity contribution in [1.29, 1.82) is 5.26 Å². The number of nitrogens with zero attached hydrogens (tertiary/aromatic N) is 1. The lowest BCUT2D eigenvalue weighted by atomic mass is 9.62. The molecule has 2 atom stereocenters. The molecular weight excluding hydrogens is 326 g/mol. The molecule has 156 valence electrons. The van der Waals surface area contributed by atoms with Crippen LogP contribution in [0.1, 0.15) is 136 Å². The first-order valence-electron chi connectivity index (χ1n) is 12.6. The molecule has 0 aromatic rings. The van der Waals surface area contributed by atoms with Gasteiger partial charge in [0.2, 0.25) is 0 Å². The molecule has 0 aromatic carbocycles. The molecule has 2 aliphatic carbocycles. The standard InChI is InChI=1S/C26H47N/c1-3-5-7-9-11-19-26(22-27)20-12-14-25(21-26)24-17-15-23(16-18-24)13-10-8-6-4-2/h23-25H,3-21H2,1-2H3/t23-,24-,25?,26?. The average Bonchev–Trinajstić information content (AvgIpc) is 2.72. The zero-order valence-corrected chi connectivity index (χ0v) is 18.6. The van der Waals surface area contributed by atoms with Gasteiger partial charge in [-0.05, 0) is 49.9 Å². The monoisotopic (exact) mass is 373 g/mol. The topological polar surface area (TPSA) is 23.8 Å². The van der Waals surface area contributed by atoms with Crippen LogP contribution in [0.2, 0.25) is 0 Å². The van der Waals surface area contributed by atoms with Gasteiger partial charge in [-0.3, -0.25) is 0 Å². The molecule has 0 bridgehead atoms. The first-order chi connectivity index (χ1) is 13.2. The maximum Gasteiger partial charge on any atom is 0.0689 e. The molecule has 0 spiro atoms. The molecule has 0 radical (unpaired) electrons. The SMILES string of the molecule is CCCCCCCC1(C#N)CCCC([C@H]2CC[C@H](CCCCCC)CC2)C1. The Morgan fingerprint density at radius 3 is 2.11 bits per heavy atom. The second-order valence-electron chi connectivity index (χ2n) is 10.0. The predicted molar refractivity (Wildman–Crippen MR) is 118 cm³/mol. The number of hydrogen-bond donors (Lipinski definition) is 0. The van der Waals surface area contributed by atoms with Crippen molar-refractivity contribution >= 4 is 0 Å². The molecule has 0 heterocycles. The van der Waals surface area contributed by atoms with Crippen LogP contribution in [0.15, 0.2) is 0 Å². The Morgan fingerprint density at radius 2 is 1.44 bits per heavy atom. The Balaban J connectivity index is 1.72. The van der Waals surface area contributed by atoms with Crippen molar-refractivity contribution in [2.24, 2.45) is 23.2 Å². The Kier molecular flexibility index (Phi) is 10.8. The van der Waals surface area contributed by atoms with E-state index in [4.69, 9.17) is 0 Å². The van der Waals surface area contributed by atoms with Crippen LogP contribution in [-0.4, -0.2) is 0 Å². The van der Waals surface area contributed by atoms with Crippen LogP contribution in [0.5, 0.6) is 0 Å². The molecule has 0 N–H and O–H groups in total. The van der Waals surface area contributed by atoms with E-state index >= 15 is 0 Å². The van der Waals surface area contributed by atoms with Crippen molar-refractivity contribution in [3.63, 3.8) is 0 Å². The van der Waals surface area contributed by atoms with Crippen molar-refractivity contribution in [3.8, 4) is 6.07 Å². The van der Waals surface area contributed by atoms with E-state index in [9.17, 15) is 5.26 Å². The zero-order chi connectivity index (χ0) is 19.4. The summed E-state index contributed by atoms with van der Waals surface area (Å²) in [6.45, 7) is 4.59. The molecule has 0 aliphatic heterocycles. The molecule has 1 nitrogen and oxygen atoms in total. The van der Waals surface area contributed by atoms with Gasteiger partial charge < -0.3 is 0 Å². The minimum Gasteiger partial charge on any atom is -0.198 e. The van der Waals surface area contributed by atoms with Crippen molar-refractivity contribution < 1.29 is 0 Å². The summed E-state index contributed by atoms with van der Waals surface area (Å²) in [7, 11) is 0. The van der Waals surface area contributed by atoms with Gasteiger partial charge >= 0.3 is 0 Å². The van der Waals surface area contributed by atoms with E-state index in [0.29, 0.717) is 0 Å². The third-order valence-electron chi connectivity index (χ3n) is 7.90. The summed E-state index contributed by atoms with van der Waals surface area (Å²) in [6, 6.07) is 2.83. The second-order valence-corrected chi connectivity index (χ2v) is 10.0. The van der Waals surface area contributed by atoms with E-state index in [1.807, 2.05) is 0 Å². The van der Waals surface area contributed by atoms with Crippen molar-refractivity contribution in [1.82, 2.24) is 0 Å². The van der Waals surface area contributed by atoms with E-state index in [1.54, 1.807) is 0 Å². The predicted octanol–water partition coefficient (Wildman–Crippen LogP) is 8.82. The molecule has 2 unspecified atom stereocenters. The Bertz CT molecular complexity index is 414. The van der Waals surface area contributed by atoms with E-state index in [1.165, 1.54) is 122 Å². The minimum atomic E-state index is 0.0339. The minimum absolute atomic E-state index is 0.0339. The van der Waals surface area contributed by atoms with Crippen LogP contribution in [0.4, 0.5) is 0 Å². The molecule has 27 heavy (non-hydrogen) atoms. The summed E-state index contributed by atoms with van der Waals surface area (Å²) in [6.07, 6.45) is 26.0. The van der Waals surface area contributed by atoms with Gasteiger partial charge in [-0.25, -0.2) is 0 Å². The lowest BCUT2D eigenvalue weighted by molar-refractivity contribution is 0.102. The highest BCUT2D eigenvalue weighted by molar-refractivity contribution is 5.03. The molecule has 2 aliphatic rings. The maximum atomic E-state index is 9.99. The fourth-order valence-electron chi connectivity index (χ4n) is 6.07. The van der Waals surface area contributed by atoms with Crippen LogP contribution in [0.25, 0.3) is 0 Å². The van der Waals surface area contributed by atoms with Gasteiger partial charge in [0.25, 0.3) is 0 Å². The Morgan fingerprint density at radius 1 is 0.778 bits per heavy atom. The van der Waals surface area contributed by atoms with Crippen LogP contribution >= 0.6 is 0 Å². The lowest BCUT2D eigenvalue weighted by Gasteiger charge is -2.42. The largest absolute Gasteiger partial charge is 0.198 e. The summed E-state index contributed by atoms with van der Waals surface area (Å²) in [5.41, 5.74) is 0.0339. The molecule has 2 rings (SSSR count). The van der Waals surface area contributed by atoms with Gasteiger partial charge in [0.15, 0.2) is 0 Å². The third-order valence-corrected chi connectivity index (χ3v) is 7.90. The quantitative estimate of drug-likeness (QED) is 0.313.